The molecule has 0 saturated carbocycles. The Bertz CT molecular complexity index is 522. The van der Waals surface area contributed by atoms with Crippen LogP contribution in [0.2, 0.25) is 5.02 Å². The fourth-order valence-corrected chi connectivity index (χ4v) is 2.30. The molecule has 2 rings (SSSR count). The van der Waals surface area contributed by atoms with Crippen molar-refractivity contribution >= 4 is 33.5 Å². The maximum atomic E-state index is 6.20. The summed E-state index contributed by atoms with van der Waals surface area (Å²) < 4.78 is 2.90. The number of nitrogens with one attached hydrogen (secondary N) is 1. The second kappa shape index (κ2) is 4.47. The molecule has 84 valence electrons. The minimum Gasteiger partial charge on any atom is -0.358 e. The molecule has 0 amide bonds. The summed E-state index contributed by atoms with van der Waals surface area (Å²) >= 11 is 9.58. The van der Waals surface area contributed by atoms with Gasteiger partial charge in [0, 0.05) is 17.7 Å². The molecule has 5 heteroatoms. The van der Waals surface area contributed by atoms with Crippen LogP contribution in [0.5, 0.6) is 0 Å². The van der Waals surface area contributed by atoms with Crippen molar-refractivity contribution in [3.63, 3.8) is 0 Å². The van der Waals surface area contributed by atoms with Gasteiger partial charge in [0.1, 0.15) is 0 Å². The third-order valence-electron chi connectivity index (χ3n) is 2.22. The Morgan fingerprint density at radius 1 is 1.44 bits per heavy atom. The molecule has 0 bridgehead atoms. The molecule has 2 aromatic rings. The van der Waals surface area contributed by atoms with E-state index >= 15 is 0 Å². The monoisotopic (exact) mass is 299 g/mol. The zero-order chi connectivity index (χ0) is 11.7. The highest BCUT2D eigenvalue weighted by Gasteiger charge is 2.09. The molecule has 1 N–H and O–H groups in total. The Hall–Kier alpha value is -1.000. The molecule has 0 spiro atoms. The van der Waals surface area contributed by atoms with Gasteiger partial charge in [-0.2, -0.15) is 0 Å². The Balaban J connectivity index is 2.57. The van der Waals surface area contributed by atoms with Crippen LogP contribution in [-0.2, 0) is 0 Å². The first kappa shape index (κ1) is 11.5. The van der Waals surface area contributed by atoms with Crippen molar-refractivity contribution in [2.45, 2.75) is 6.92 Å². The van der Waals surface area contributed by atoms with Gasteiger partial charge >= 0.3 is 0 Å². The van der Waals surface area contributed by atoms with Gasteiger partial charge in [0.15, 0.2) is 0 Å². The van der Waals surface area contributed by atoms with Crippen molar-refractivity contribution in [3.05, 3.63) is 39.6 Å². The van der Waals surface area contributed by atoms with Gasteiger partial charge in [-0.15, -0.1) is 0 Å². The van der Waals surface area contributed by atoms with Gasteiger partial charge in [-0.05, 0) is 25.1 Å². The van der Waals surface area contributed by atoms with E-state index in [-0.39, 0.29) is 0 Å². The van der Waals surface area contributed by atoms with E-state index in [9.17, 15) is 0 Å². The van der Waals surface area contributed by atoms with Crippen LogP contribution in [0.25, 0.3) is 5.69 Å². The van der Waals surface area contributed by atoms with Crippen LogP contribution in [0.4, 0.5) is 5.95 Å². The van der Waals surface area contributed by atoms with Crippen molar-refractivity contribution in [1.29, 1.82) is 0 Å². The number of halogens is 2. The number of anilines is 1. The molecular weight excluding hydrogens is 289 g/mol. The molecule has 3 nitrogen and oxygen atoms in total. The smallest absolute Gasteiger partial charge is 0.207 e. The van der Waals surface area contributed by atoms with Crippen molar-refractivity contribution in [1.82, 2.24) is 9.55 Å². The molecule has 0 saturated heterocycles. The third kappa shape index (κ3) is 2.08. The summed E-state index contributed by atoms with van der Waals surface area (Å²) in [5.41, 5.74) is 1.86. The standard InChI is InChI=1S/C11H11BrClN3/c1-7-6-16(11(14-2)15-7)10-4-3-8(12)5-9(10)13/h3-6H,1-2H3,(H,14,15). The molecule has 0 fully saturated rings. The third-order valence-corrected chi connectivity index (χ3v) is 3.02. The average Bonchev–Trinajstić information content (AvgIpc) is 2.59. The van der Waals surface area contributed by atoms with E-state index in [4.69, 9.17) is 11.6 Å². The lowest BCUT2D eigenvalue weighted by Gasteiger charge is -2.09. The number of hydrogen-bond donors (Lipinski definition) is 1. The van der Waals surface area contributed by atoms with E-state index in [0.29, 0.717) is 5.02 Å². The first-order valence-corrected chi connectivity index (χ1v) is 5.98. The predicted octanol–water partition coefficient (Wildman–Crippen LogP) is 3.64. The Morgan fingerprint density at radius 3 is 2.81 bits per heavy atom. The lowest BCUT2D eigenvalue weighted by Crippen LogP contribution is -2.00. The molecule has 0 unspecified atom stereocenters. The van der Waals surface area contributed by atoms with Gasteiger partial charge in [-0.25, -0.2) is 4.98 Å². The molecule has 0 aliphatic carbocycles. The molecule has 0 aliphatic heterocycles. The summed E-state index contributed by atoms with van der Waals surface area (Å²) in [7, 11) is 1.84. The number of benzene rings is 1. The number of aryl methyl sites for hydroxylation is 1. The van der Waals surface area contributed by atoms with Gasteiger partial charge in [-0.1, -0.05) is 27.5 Å². The van der Waals surface area contributed by atoms with Gasteiger partial charge in [0.25, 0.3) is 0 Å². The average molecular weight is 301 g/mol. The van der Waals surface area contributed by atoms with Crippen molar-refractivity contribution in [2.24, 2.45) is 0 Å². The Labute approximate surface area is 108 Å². The van der Waals surface area contributed by atoms with Crippen molar-refractivity contribution < 1.29 is 0 Å². The largest absolute Gasteiger partial charge is 0.358 e. The molecule has 1 heterocycles. The number of hydrogen-bond acceptors (Lipinski definition) is 2. The quantitative estimate of drug-likeness (QED) is 0.917. The highest BCUT2D eigenvalue weighted by Crippen LogP contribution is 2.27. The first-order chi connectivity index (χ1) is 7.61. The molecule has 1 aromatic carbocycles. The van der Waals surface area contributed by atoms with Gasteiger partial charge in [0.05, 0.1) is 16.4 Å². The molecular formula is C11H11BrClN3. The lowest BCUT2D eigenvalue weighted by molar-refractivity contribution is 1.05. The fraction of sp³-hybridized carbons (Fsp3) is 0.182. The minimum absolute atomic E-state index is 0.684. The summed E-state index contributed by atoms with van der Waals surface area (Å²) in [5.74, 6) is 0.779. The van der Waals surface area contributed by atoms with E-state index in [1.807, 2.05) is 42.9 Å². The van der Waals surface area contributed by atoms with E-state index in [0.717, 1.165) is 21.8 Å². The zero-order valence-corrected chi connectivity index (χ0v) is 11.3. The van der Waals surface area contributed by atoms with Crippen LogP contribution in [0, 0.1) is 6.92 Å². The topological polar surface area (TPSA) is 29.9 Å². The molecule has 0 atom stereocenters. The second-order valence-electron chi connectivity index (χ2n) is 3.42. The van der Waals surface area contributed by atoms with Crippen LogP contribution in [0.1, 0.15) is 5.69 Å². The zero-order valence-electron chi connectivity index (χ0n) is 8.96. The maximum absolute atomic E-state index is 6.20. The van der Waals surface area contributed by atoms with Crippen LogP contribution in [0.3, 0.4) is 0 Å². The lowest BCUT2D eigenvalue weighted by atomic mass is 10.3. The SMILES string of the molecule is CNc1nc(C)cn1-c1ccc(Br)cc1Cl. The summed E-state index contributed by atoms with van der Waals surface area (Å²) in [5, 5.41) is 3.72. The van der Waals surface area contributed by atoms with E-state index in [1.54, 1.807) is 0 Å². The fourth-order valence-electron chi connectivity index (χ4n) is 1.53. The minimum atomic E-state index is 0.684. The summed E-state index contributed by atoms with van der Waals surface area (Å²) in [6.07, 6.45) is 1.95. The Kier molecular flexibility index (Phi) is 3.21. The van der Waals surface area contributed by atoms with E-state index in [1.165, 1.54) is 0 Å². The molecule has 0 aliphatic rings. The number of imidazole rings is 1. The van der Waals surface area contributed by atoms with Crippen LogP contribution < -0.4 is 5.32 Å². The second-order valence-corrected chi connectivity index (χ2v) is 4.74. The van der Waals surface area contributed by atoms with Gasteiger partial charge < -0.3 is 5.32 Å². The van der Waals surface area contributed by atoms with Gasteiger partial charge in [0.2, 0.25) is 5.95 Å². The number of aromatic nitrogens is 2. The van der Waals surface area contributed by atoms with E-state index in [2.05, 4.69) is 26.2 Å². The summed E-state index contributed by atoms with van der Waals surface area (Å²) in [6.45, 7) is 1.95. The molecule has 16 heavy (non-hydrogen) atoms. The maximum Gasteiger partial charge on any atom is 0.207 e. The van der Waals surface area contributed by atoms with Crippen LogP contribution >= 0.6 is 27.5 Å². The first-order valence-electron chi connectivity index (χ1n) is 4.81. The van der Waals surface area contributed by atoms with Crippen molar-refractivity contribution in [3.8, 4) is 5.69 Å². The number of nitrogens with zero attached hydrogens (tertiary/aromatic N) is 2. The van der Waals surface area contributed by atoms with Crippen LogP contribution in [-0.4, -0.2) is 16.6 Å². The van der Waals surface area contributed by atoms with Gasteiger partial charge in [-0.3, -0.25) is 4.57 Å². The normalized spacial score (nSPS) is 10.5. The van der Waals surface area contributed by atoms with Crippen LogP contribution in [0.15, 0.2) is 28.9 Å². The molecule has 1 aromatic heterocycles. The highest BCUT2D eigenvalue weighted by molar-refractivity contribution is 9.10. The summed E-state index contributed by atoms with van der Waals surface area (Å²) in [6, 6.07) is 5.77. The van der Waals surface area contributed by atoms with Crippen molar-refractivity contribution in [2.75, 3.05) is 12.4 Å². The predicted molar refractivity (Wildman–Crippen MR) is 70.6 cm³/mol. The Morgan fingerprint density at radius 2 is 2.19 bits per heavy atom. The summed E-state index contributed by atoms with van der Waals surface area (Å²) in [4.78, 5) is 4.35. The number of rotatable bonds is 2. The van der Waals surface area contributed by atoms with E-state index < -0.39 is 0 Å². The molecule has 0 radical (unpaired) electrons. The highest BCUT2D eigenvalue weighted by atomic mass is 79.9.